The van der Waals surface area contributed by atoms with Crippen molar-refractivity contribution in [3.63, 3.8) is 0 Å². The first-order valence-electron chi connectivity index (χ1n) is 8.49. The Hall–Kier alpha value is -0.650. The van der Waals surface area contributed by atoms with Gasteiger partial charge in [0.25, 0.3) is 0 Å². The molecule has 0 heterocycles. The molecule has 1 atom stereocenters. The largest absolute Gasteiger partial charge is 0.480 e. The van der Waals surface area contributed by atoms with Crippen LogP contribution >= 0.6 is 0 Å². The van der Waals surface area contributed by atoms with Gasteiger partial charge in [0.2, 0.25) is 0 Å². The Morgan fingerprint density at radius 1 is 1.00 bits per heavy atom. The number of hydrogen-bond acceptors (Lipinski definition) is 4. The molecule has 0 aromatic carbocycles. The van der Waals surface area contributed by atoms with E-state index in [1.165, 1.54) is 0 Å². The van der Waals surface area contributed by atoms with E-state index in [0.717, 1.165) is 58.7 Å². The van der Waals surface area contributed by atoms with E-state index in [4.69, 9.17) is 0 Å². The van der Waals surface area contributed by atoms with Crippen LogP contribution in [-0.4, -0.2) is 72.7 Å². The van der Waals surface area contributed by atoms with E-state index >= 15 is 0 Å². The number of carboxylic acids is 1. The lowest BCUT2D eigenvalue weighted by Gasteiger charge is -2.24. The second-order valence-corrected chi connectivity index (χ2v) is 5.45. The lowest BCUT2D eigenvalue weighted by atomic mass is 10.2. The van der Waals surface area contributed by atoms with Gasteiger partial charge in [0.15, 0.2) is 0 Å². The van der Waals surface area contributed by atoms with Gasteiger partial charge in [-0.3, -0.25) is 4.79 Å². The smallest absolute Gasteiger partial charge is 0.320 e. The molecule has 5 nitrogen and oxygen atoms in total. The average Bonchev–Trinajstić information content (AvgIpc) is 2.49. The molecule has 0 aliphatic rings. The maximum absolute atomic E-state index is 11.2. The molecule has 21 heavy (non-hydrogen) atoms. The first kappa shape index (κ1) is 20.3. The van der Waals surface area contributed by atoms with Crippen molar-refractivity contribution in [3.8, 4) is 0 Å². The molecular formula is C16H35N3O2. The summed E-state index contributed by atoms with van der Waals surface area (Å²) in [5.74, 6) is -0.734. The molecule has 0 radical (unpaired) electrons. The van der Waals surface area contributed by atoms with Crippen molar-refractivity contribution in [1.29, 1.82) is 0 Å². The van der Waals surface area contributed by atoms with Crippen molar-refractivity contribution < 1.29 is 9.90 Å². The maximum Gasteiger partial charge on any atom is 0.320 e. The van der Waals surface area contributed by atoms with Crippen molar-refractivity contribution in [2.75, 3.05) is 45.8 Å². The van der Waals surface area contributed by atoms with Crippen LogP contribution in [0.25, 0.3) is 0 Å². The van der Waals surface area contributed by atoms with Crippen LogP contribution in [-0.2, 0) is 4.79 Å². The third kappa shape index (κ3) is 9.82. The number of carboxylic acid groups (broad SMARTS) is 1. The van der Waals surface area contributed by atoms with Gasteiger partial charge in [0.05, 0.1) is 0 Å². The first-order valence-corrected chi connectivity index (χ1v) is 8.49. The molecule has 0 rings (SSSR count). The van der Waals surface area contributed by atoms with Crippen LogP contribution in [0.2, 0.25) is 0 Å². The maximum atomic E-state index is 11.2. The second-order valence-electron chi connectivity index (χ2n) is 5.45. The number of rotatable bonds is 14. The zero-order chi connectivity index (χ0) is 16.1. The molecule has 0 bridgehead atoms. The quantitative estimate of drug-likeness (QED) is 0.513. The number of nitrogens with one attached hydrogen (secondary N) is 1. The predicted molar refractivity (Wildman–Crippen MR) is 88.9 cm³/mol. The van der Waals surface area contributed by atoms with E-state index in [1.54, 1.807) is 0 Å². The van der Waals surface area contributed by atoms with Gasteiger partial charge >= 0.3 is 5.97 Å². The fourth-order valence-corrected chi connectivity index (χ4v) is 2.43. The molecule has 0 aromatic heterocycles. The monoisotopic (exact) mass is 301 g/mol. The average molecular weight is 301 g/mol. The van der Waals surface area contributed by atoms with Crippen molar-refractivity contribution >= 4 is 5.97 Å². The molecule has 0 aliphatic heterocycles. The Labute approximate surface area is 130 Å². The van der Waals surface area contributed by atoms with Crippen LogP contribution in [0.3, 0.4) is 0 Å². The summed E-state index contributed by atoms with van der Waals surface area (Å²) in [6.07, 6.45) is 2.79. The summed E-state index contributed by atoms with van der Waals surface area (Å²) in [5.41, 5.74) is 0. The Morgan fingerprint density at radius 2 is 1.57 bits per heavy atom. The summed E-state index contributed by atoms with van der Waals surface area (Å²) < 4.78 is 0. The van der Waals surface area contributed by atoms with Gasteiger partial charge in [-0.2, -0.15) is 0 Å². The fourth-order valence-electron chi connectivity index (χ4n) is 2.43. The van der Waals surface area contributed by atoms with Gasteiger partial charge in [-0.15, -0.1) is 0 Å². The molecule has 0 saturated heterocycles. The Kier molecular flexibility index (Phi) is 12.6. The highest BCUT2D eigenvalue weighted by atomic mass is 16.4. The number of nitrogens with zero attached hydrogens (tertiary/aromatic N) is 2. The summed E-state index contributed by atoms with van der Waals surface area (Å²) in [6.45, 7) is 15.6. The van der Waals surface area contributed by atoms with Crippen molar-refractivity contribution in [2.24, 2.45) is 0 Å². The number of carbonyl (C=O) groups is 1. The molecule has 0 aliphatic carbocycles. The molecule has 2 N–H and O–H groups in total. The molecule has 0 amide bonds. The minimum Gasteiger partial charge on any atom is -0.480 e. The SMILES string of the molecule is CCCNC(CCN(CC)CCCN(CC)CC)C(=O)O. The van der Waals surface area contributed by atoms with Crippen LogP contribution in [0.4, 0.5) is 0 Å². The van der Waals surface area contributed by atoms with E-state index < -0.39 is 12.0 Å². The van der Waals surface area contributed by atoms with Crippen LogP contribution < -0.4 is 5.32 Å². The Balaban J connectivity index is 4.03. The number of aliphatic carboxylic acids is 1. The molecule has 126 valence electrons. The van der Waals surface area contributed by atoms with E-state index in [9.17, 15) is 9.90 Å². The topological polar surface area (TPSA) is 55.8 Å². The molecule has 5 heteroatoms. The standard InChI is InChI=1S/C16H35N3O2/c1-5-11-17-15(16(20)21)10-14-19(8-4)13-9-12-18(6-2)7-3/h15,17H,5-14H2,1-4H3,(H,20,21). The third-order valence-electron chi connectivity index (χ3n) is 3.96. The van der Waals surface area contributed by atoms with Crippen LogP contribution in [0.15, 0.2) is 0 Å². The summed E-state index contributed by atoms with van der Waals surface area (Å²) in [7, 11) is 0. The highest BCUT2D eigenvalue weighted by Gasteiger charge is 2.17. The zero-order valence-corrected chi connectivity index (χ0v) is 14.4. The minimum absolute atomic E-state index is 0.415. The minimum atomic E-state index is -0.734. The summed E-state index contributed by atoms with van der Waals surface area (Å²) in [4.78, 5) is 16.0. The fraction of sp³-hybridized carbons (Fsp3) is 0.938. The molecule has 0 fully saturated rings. The molecule has 0 saturated carbocycles. The summed E-state index contributed by atoms with van der Waals surface area (Å²) >= 11 is 0. The third-order valence-corrected chi connectivity index (χ3v) is 3.96. The van der Waals surface area contributed by atoms with Crippen LogP contribution in [0.5, 0.6) is 0 Å². The van der Waals surface area contributed by atoms with Gasteiger partial charge in [0.1, 0.15) is 6.04 Å². The molecule has 1 unspecified atom stereocenters. The zero-order valence-electron chi connectivity index (χ0n) is 14.4. The normalized spacial score (nSPS) is 13.0. The first-order chi connectivity index (χ1) is 10.1. The van der Waals surface area contributed by atoms with E-state index in [2.05, 4.69) is 42.8 Å². The van der Waals surface area contributed by atoms with Gasteiger partial charge < -0.3 is 20.2 Å². The Morgan fingerprint density at radius 3 is 2.05 bits per heavy atom. The van der Waals surface area contributed by atoms with Gasteiger partial charge in [-0.25, -0.2) is 0 Å². The van der Waals surface area contributed by atoms with Crippen LogP contribution in [0.1, 0.15) is 47.0 Å². The highest BCUT2D eigenvalue weighted by Crippen LogP contribution is 2.00. The van der Waals surface area contributed by atoms with Crippen molar-refractivity contribution in [1.82, 2.24) is 15.1 Å². The Bertz CT molecular complexity index is 258. The second kappa shape index (κ2) is 13.0. The molecule has 0 spiro atoms. The van der Waals surface area contributed by atoms with E-state index in [-0.39, 0.29) is 0 Å². The highest BCUT2D eigenvalue weighted by molar-refractivity contribution is 5.73. The van der Waals surface area contributed by atoms with E-state index in [0.29, 0.717) is 6.42 Å². The van der Waals surface area contributed by atoms with Crippen molar-refractivity contribution in [2.45, 2.75) is 53.0 Å². The summed E-state index contributed by atoms with van der Waals surface area (Å²) in [5, 5.41) is 12.3. The molecular weight excluding hydrogens is 266 g/mol. The van der Waals surface area contributed by atoms with Crippen LogP contribution in [0, 0.1) is 0 Å². The predicted octanol–water partition coefficient (Wildman–Crippen LogP) is 1.88. The van der Waals surface area contributed by atoms with Gasteiger partial charge in [-0.1, -0.05) is 27.7 Å². The van der Waals surface area contributed by atoms with Crippen molar-refractivity contribution in [3.05, 3.63) is 0 Å². The lowest BCUT2D eigenvalue weighted by molar-refractivity contribution is -0.139. The molecule has 0 aromatic rings. The van der Waals surface area contributed by atoms with Gasteiger partial charge in [-0.05, 0) is 58.5 Å². The number of hydrogen-bond donors (Lipinski definition) is 2. The van der Waals surface area contributed by atoms with Gasteiger partial charge in [0, 0.05) is 6.54 Å². The lowest BCUT2D eigenvalue weighted by Crippen LogP contribution is -2.40. The van der Waals surface area contributed by atoms with E-state index in [1.807, 2.05) is 0 Å². The summed E-state index contributed by atoms with van der Waals surface area (Å²) in [6, 6.07) is -0.415.